The molecule has 0 atom stereocenters. The summed E-state index contributed by atoms with van der Waals surface area (Å²) >= 11 is 5.38. The first-order valence-corrected chi connectivity index (χ1v) is 53.4. The topological polar surface area (TPSA) is 374 Å². The molecule has 28 nitrogen and oxygen atoms in total. The lowest BCUT2D eigenvalue weighted by Crippen LogP contribution is -2.43. The number of piperazine rings is 1. The van der Waals surface area contributed by atoms with E-state index in [4.69, 9.17) is 22.9 Å². The molecule has 16 aromatic rings. The lowest BCUT2D eigenvalue weighted by atomic mass is 9.97. The second-order valence-electron chi connectivity index (χ2n) is 37.7. The normalized spacial score (nSPS) is 14.3. The number of nitrogens with one attached hydrogen (secondary N) is 5. The van der Waals surface area contributed by atoms with Gasteiger partial charge in [-0.15, -0.1) is 45.3 Å². The first-order valence-electron chi connectivity index (χ1n) is 50.1. The van der Waals surface area contributed by atoms with Crippen LogP contribution in [-0.2, 0) is 32.7 Å². The minimum absolute atomic E-state index is 0.117. The molecule has 742 valence electrons. The number of hydrogen-bond donors (Lipinski definition) is 9. The van der Waals surface area contributed by atoms with Crippen LogP contribution in [0.3, 0.4) is 0 Å². The highest BCUT2D eigenvalue weighted by molar-refractivity contribution is 7.22. The van der Waals surface area contributed by atoms with E-state index in [2.05, 4.69) is 189 Å². The Morgan fingerprint density at radius 2 is 0.681 bits per heavy atom. The van der Waals surface area contributed by atoms with Gasteiger partial charge < -0.3 is 74.0 Å². The van der Waals surface area contributed by atoms with Crippen LogP contribution < -0.4 is 69.1 Å². The van der Waals surface area contributed by atoms with Gasteiger partial charge in [0.25, 0.3) is 29.5 Å². The summed E-state index contributed by atoms with van der Waals surface area (Å²) in [5.41, 5.74) is 51.2. The lowest BCUT2D eigenvalue weighted by molar-refractivity contribution is 0.0791. The number of nitrogens with zero attached hydrogens (tertiary/aromatic N) is 14. The van der Waals surface area contributed by atoms with Gasteiger partial charge >= 0.3 is 0 Å². The predicted octanol–water partition coefficient (Wildman–Crippen LogP) is 19.1. The number of carbonyl (C=O) groups is 5. The maximum atomic E-state index is 13.0. The largest absolute Gasteiger partial charge is 0.397 e. The predicted molar refractivity (Wildman–Crippen MR) is 590 cm³/mol. The quantitative estimate of drug-likeness (QED) is 0.0257. The maximum absolute atomic E-state index is 13.0. The molecular weight excluding hydrogens is 1880 g/mol. The summed E-state index contributed by atoms with van der Waals surface area (Å²) in [6.07, 6.45) is 27.5. The first kappa shape index (κ1) is 99.8. The molecule has 5 aliphatic heterocycles. The number of aromatic nitrogens is 9. The monoisotopic (exact) mass is 2000 g/mol. The van der Waals surface area contributed by atoms with Gasteiger partial charge in [-0.05, 0) is 286 Å². The van der Waals surface area contributed by atoms with Gasteiger partial charge in [-0.3, -0.25) is 33.6 Å². The van der Waals surface area contributed by atoms with Crippen molar-refractivity contribution in [2.45, 2.75) is 131 Å². The molecule has 21 rings (SSSR count). The van der Waals surface area contributed by atoms with E-state index in [1.165, 1.54) is 154 Å². The van der Waals surface area contributed by atoms with E-state index < -0.39 is 0 Å². The van der Waals surface area contributed by atoms with Crippen LogP contribution in [0.4, 0.5) is 45.5 Å². The highest BCUT2D eigenvalue weighted by atomic mass is 32.1. The molecule has 5 aromatic carbocycles. The number of rotatable bonds is 25. The number of likely N-dealkylation sites (tertiary alicyclic amines) is 1. The molecule has 0 radical (unpaired) electrons. The summed E-state index contributed by atoms with van der Waals surface area (Å²) in [6, 6.07) is 54.1. The van der Waals surface area contributed by atoms with E-state index in [1.807, 2.05) is 137 Å². The molecule has 5 fully saturated rings. The Hall–Kier alpha value is -14.3. The zero-order valence-electron chi connectivity index (χ0n) is 82.6. The van der Waals surface area contributed by atoms with E-state index in [0.717, 1.165) is 224 Å². The zero-order valence-corrected chi connectivity index (χ0v) is 85.9. The molecule has 5 amide bonds. The standard InChI is InChI=1S/C32H36N6O2S.C28H31N5OS.C26H30N6OS.C26H28N6OS/c1-21-4-10-25-28(33)29(41-31(25)36-21)30(39)35-13-12-22-5-11-27(37-18-14-34-15-19-37)26(20-22)23-6-8-24(9-7-23)32(40)38-16-2-3-17-38;1-18-6-8-22-25(29)26(35-28(22)32-18)27(34)31-12-10-20-7-9-24(33-14-4-3-5-15-33)23(17-20)21-11-13-30-19(2)16-21;1-17-6-8-20-23(27)24(34-26(20)30-17)25(33)28-11-10-18-7-9-22(32-12-4-3-5-13-32)21(14-18)19-15-29-31(2)16-19;1-17-5-7-20-23(27)24(34-26(20)31-17)25(33)30-10-9-18-6-8-22(32-11-3-2-4-12-32)21(13-18)19-14-28-16-29-15-19/h4-11,20,34H,2-3,12-19,33H2,1H3,(H,35,39);6-9,11,13,16-17H,3-5,10,12,14-15,29H2,1-2H3,(H,31,34);6-9,14-16H,3-5,10-13,27H2,1-2H3,(H,28,33);5-8,13-16H,2-4,9-12,27H2,1H3,(H,30,33). The van der Waals surface area contributed by atoms with Crippen molar-refractivity contribution in [1.82, 2.24) is 76.2 Å². The number of nitrogen functional groups attached to an aromatic ring is 4. The molecule has 0 unspecified atom stereocenters. The minimum atomic E-state index is -0.168. The van der Waals surface area contributed by atoms with Gasteiger partial charge in [-0.25, -0.2) is 29.9 Å². The van der Waals surface area contributed by atoms with E-state index in [9.17, 15) is 24.0 Å². The van der Waals surface area contributed by atoms with Crippen LogP contribution >= 0.6 is 45.3 Å². The van der Waals surface area contributed by atoms with Crippen molar-refractivity contribution in [3.8, 4) is 44.5 Å². The summed E-state index contributed by atoms with van der Waals surface area (Å²) in [6.45, 7) is 23.8. The van der Waals surface area contributed by atoms with Gasteiger partial charge in [0.2, 0.25) is 0 Å². The highest BCUT2D eigenvalue weighted by Gasteiger charge is 2.28. The van der Waals surface area contributed by atoms with Crippen molar-refractivity contribution in [2.75, 3.05) is 147 Å². The molecule has 0 bridgehead atoms. The van der Waals surface area contributed by atoms with Gasteiger partial charge in [0, 0.05) is 248 Å². The molecule has 11 aromatic heterocycles. The van der Waals surface area contributed by atoms with Crippen molar-refractivity contribution in [3.63, 3.8) is 0 Å². The van der Waals surface area contributed by atoms with Gasteiger partial charge in [0.1, 0.15) is 45.2 Å². The third kappa shape index (κ3) is 23.8. The van der Waals surface area contributed by atoms with Crippen LogP contribution in [0.1, 0.15) is 170 Å². The number of pyridine rings is 5. The Balaban J connectivity index is 0.000000127. The Morgan fingerprint density at radius 1 is 0.347 bits per heavy atom. The van der Waals surface area contributed by atoms with E-state index >= 15 is 0 Å². The average molecular weight is 2000 g/mol. The van der Waals surface area contributed by atoms with Gasteiger partial charge in [-0.1, -0.05) is 36.4 Å². The molecule has 16 heterocycles. The van der Waals surface area contributed by atoms with E-state index in [-0.39, 0.29) is 29.5 Å². The second-order valence-corrected chi connectivity index (χ2v) is 41.7. The number of aryl methyl sites for hydroxylation is 6. The van der Waals surface area contributed by atoms with Crippen LogP contribution in [-0.4, -0.2) is 184 Å². The fourth-order valence-corrected chi connectivity index (χ4v) is 23.8. The molecule has 5 aliphatic rings. The van der Waals surface area contributed by atoms with Crippen molar-refractivity contribution in [1.29, 1.82) is 0 Å². The van der Waals surface area contributed by atoms with Gasteiger partial charge in [0.05, 0.1) is 28.9 Å². The summed E-state index contributed by atoms with van der Waals surface area (Å²) in [5, 5.41) is 23.3. The maximum Gasteiger partial charge on any atom is 0.263 e. The molecule has 5 saturated heterocycles. The van der Waals surface area contributed by atoms with Crippen molar-refractivity contribution in [2.24, 2.45) is 7.05 Å². The molecule has 0 spiro atoms. The molecule has 0 saturated carbocycles. The van der Waals surface area contributed by atoms with Crippen LogP contribution in [0, 0.1) is 34.6 Å². The van der Waals surface area contributed by atoms with Crippen molar-refractivity contribution >= 4 is 161 Å². The van der Waals surface area contributed by atoms with Gasteiger partial charge in [-0.2, -0.15) is 5.10 Å². The Kier molecular flexibility index (Phi) is 32.2. The molecule has 0 aliphatic carbocycles. The molecular formula is C112H125N23O5S4. The number of anilines is 8. The van der Waals surface area contributed by atoms with Crippen LogP contribution in [0.2, 0.25) is 0 Å². The third-order valence-electron chi connectivity index (χ3n) is 27.3. The van der Waals surface area contributed by atoms with Crippen molar-refractivity contribution in [3.05, 3.63) is 271 Å². The summed E-state index contributed by atoms with van der Waals surface area (Å²) in [5.74, 6) is -0.487. The first-order chi connectivity index (χ1) is 70.1. The smallest absolute Gasteiger partial charge is 0.263 e. The minimum Gasteiger partial charge on any atom is -0.397 e. The number of thiophene rings is 4. The Bertz CT molecular complexity index is 7310. The number of fused-ring (bicyclic) bond motifs is 4. The fourth-order valence-electron chi connectivity index (χ4n) is 19.5. The summed E-state index contributed by atoms with van der Waals surface area (Å²) in [4.78, 5) is 112. The Labute approximate surface area is 856 Å². The Morgan fingerprint density at radius 3 is 1.03 bits per heavy atom. The number of carbonyl (C=O) groups excluding carboxylic acids is 5. The molecule has 144 heavy (non-hydrogen) atoms. The average Bonchev–Trinajstić information content (AvgIpc) is 1.69. The van der Waals surface area contributed by atoms with Gasteiger partial charge in [0.15, 0.2) is 0 Å². The number of hydrogen-bond acceptors (Lipinski definition) is 26. The third-order valence-corrected chi connectivity index (χ3v) is 31.7. The molecule has 32 heteroatoms. The van der Waals surface area contributed by atoms with Crippen LogP contribution in [0.15, 0.2) is 195 Å². The number of piperidine rings is 3. The van der Waals surface area contributed by atoms with E-state index in [1.54, 1.807) is 6.33 Å². The number of nitrogens with two attached hydrogens (primary N) is 4. The fraction of sp³-hybridized carbons (Fsp3) is 0.330. The lowest BCUT2D eigenvalue weighted by Gasteiger charge is -2.31. The number of benzene rings is 5. The molecule has 13 N–H and O–H groups in total. The van der Waals surface area contributed by atoms with Crippen molar-refractivity contribution < 1.29 is 24.0 Å². The highest BCUT2D eigenvalue weighted by Crippen LogP contribution is 2.42. The second kappa shape index (κ2) is 46.4. The SMILES string of the molecule is Cc1cc(-c2cc(CCNC(=O)c3sc4nc(C)ccc4c3N)ccc2N2CCCCC2)ccn1.Cc1ccc2c(N)c(C(=O)NCCc3ccc(N4CCCCC4)c(-c4cncnc4)c3)sc2n1.Cc1ccc2c(N)c(C(=O)NCCc3ccc(N4CCCCC4)c(-c4cnn(C)c4)c3)sc2n1.Cc1ccc2c(N)c(C(=O)NCCc3ccc(N4CCNCC4)c(-c4ccc(C(=O)N5CCCC5)cc4)c3)sc2n1. The van der Waals surface area contributed by atoms with Crippen LogP contribution in [0.5, 0.6) is 0 Å². The van der Waals surface area contributed by atoms with Crippen LogP contribution in [0.25, 0.3) is 85.4 Å². The van der Waals surface area contributed by atoms with E-state index in [0.29, 0.717) is 74.9 Å². The zero-order chi connectivity index (χ0) is 99.9. The number of amides is 5. The summed E-state index contributed by atoms with van der Waals surface area (Å²) in [7, 11) is 1.94. The summed E-state index contributed by atoms with van der Waals surface area (Å²) < 4.78 is 1.84.